The Bertz CT molecular complexity index is 1140. The van der Waals surface area contributed by atoms with E-state index in [1.165, 1.54) is 17.2 Å². The van der Waals surface area contributed by atoms with Crippen molar-refractivity contribution in [3.63, 3.8) is 0 Å². The van der Waals surface area contributed by atoms with Crippen LogP contribution in [0.15, 0.2) is 17.6 Å². The molecule has 0 unspecified atom stereocenters. The third kappa shape index (κ3) is 9.11. The monoisotopic (exact) mass is 561 g/mol. The van der Waals surface area contributed by atoms with Gasteiger partial charge in [0.25, 0.3) is 0 Å². The van der Waals surface area contributed by atoms with Gasteiger partial charge in [-0.15, -0.1) is 0 Å². The number of fused-ring (bicyclic) bond motifs is 1. The highest BCUT2D eigenvalue weighted by atomic mass is 16.6. The minimum absolute atomic E-state index is 0.0450. The number of likely N-dealkylation sites (N-methyl/N-ethyl adjacent to an activating group) is 1. The van der Waals surface area contributed by atoms with Gasteiger partial charge in [0, 0.05) is 32.4 Å². The van der Waals surface area contributed by atoms with Crippen LogP contribution in [-0.2, 0) is 19.1 Å². The van der Waals surface area contributed by atoms with E-state index in [0.717, 1.165) is 32.0 Å². The van der Waals surface area contributed by atoms with Crippen molar-refractivity contribution in [1.29, 1.82) is 0 Å². The number of carbonyl (C=O) groups is 3. The number of hydrogen-bond acceptors (Lipinski definition) is 11. The van der Waals surface area contributed by atoms with Gasteiger partial charge >= 0.3 is 5.97 Å². The average Bonchev–Trinajstić information content (AvgIpc) is 3.46. The Kier molecular flexibility index (Phi) is 12.5. The van der Waals surface area contributed by atoms with Gasteiger partial charge in [0.15, 0.2) is 23.2 Å². The summed E-state index contributed by atoms with van der Waals surface area (Å²) < 4.78 is 7.47. The lowest BCUT2D eigenvalue weighted by Gasteiger charge is -2.22. The molecule has 0 saturated carbocycles. The Balaban J connectivity index is 1.51. The van der Waals surface area contributed by atoms with Gasteiger partial charge < -0.3 is 35.1 Å². The molecule has 1 aliphatic rings. The number of amides is 1. The Morgan fingerprint density at radius 3 is 2.70 bits per heavy atom. The molecule has 1 amide bonds. The SMILES string of the molecule is CN(CCCC(=O)O)C[C@H]1O[C@@H](n2cnc3c(NC(=O)CCCCCN=CCCCC=O)ncnc32)[C@H](O)[C@@H]1O. The number of ether oxygens (including phenoxy) is 1. The maximum Gasteiger partial charge on any atom is 0.303 e. The van der Waals surface area contributed by atoms with E-state index in [1.54, 1.807) is 7.05 Å². The molecule has 3 heterocycles. The number of carboxylic acids is 1. The van der Waals surface area contributed by atoms with Crippen molar-refractivity contribution < 1.29 is 34.4 Å². The van der Waals surface area contributed by atoms with Crippen LogP contribution in [-0.4, -0.2) is 109 Å². The molecule has 0 aromatic carbocycles. The number of imidazole rings is 1. The number of aliphatic carboxylic acids is 1. The Morgan fingerprint density at radius 2 is 1.93 bits per heavy atom. The lowest BCUT2D eigenvalue weighted by atomic mass is 10.1. The molecule has 14 heteroatoms. The molecule has 3 rings (SSSR count). The molecule has 1 saturated heterocycles. The van der Waals surface area contributed by atoms with Crippen LogP contribution >= 0.6 is 0 Å². The molecule has 1 aliphatic heterocycles. The first-order chi connectivity index (χ1) is 19.3. The summed E-state index contributed by atoms with van der Waals surface area (Å²) in [5.41, 5.74) is 0.669. The van der Waals surface area contributed by atoms with Crippen LogP contribution in [0.25, 0.3) is 11.2 Å². The fourth-order valence-corrected chi connectivity index (χ4v) is 4.47. The molecule has 2 aromatic rings. The van der Waals surface area contributed by atoms with Crippen molar-refractivity contribution in [3.05, 3.63) is 12.7 Å². The van der Waals surface area contributed by atoms with Crippen molar-refractivity contribution in [2.24, 2.45) is 4.99 Å². The van der Waals surface area contributed by atoms with Gasteiger partial charge in [-0.05, 0) is 51.9 Å². The number of rotatable bonds is 18. The number of aliphatic hydroxyl groups excluding tert-OH is 2. The standard InChI is InChI=1S/C26H39N7O7/c1-32(13-8-10-20(36)37)15-18-22(38)23(39)26(40-18)33-17-30-21-24(28-16-29-25(21)33)31-19(35)9-4-2-5-11-27-12-6-3-7-14-34/h12,14,16-18,22-23,26,38-39H,2-11,13,15H2,1H3,(H,36,37)(H,28,29,31,35)/t18-,22-,23-,26-/m1/s1. The van der Waals surface area contributed by atoms with Gasteiger partial charge in [-0.3, -0.25) is 19.1 Å². The molecular formula is C26H39N7O7. The van der Waals surface area contributed by atoms with Crippen LogP contribution in [0.1, 0.15) is 64.0 Å². The summed E-state index contributed by atoms with van der Waals surface area (Å²) in [6.45, 7) is 1.49. The predicted octanol–water partition coefficient (Wildman–Crippen LogP) is 1.18. The number of unbranched alkanes of at least 4 members (excludes halogenated alkanes) is 4. The highest BCUT2D eigenvalue weighted by Crippen LogP contribution is 2.32. The zero-order valence-electron chi connectivity index (χ0n) is 22.8. The maximum absolute atomic E-state index is 12.5. The van der Waals surface area contributed by atoms with E-state index in [4.69, 9.17) is 9.84 Å². The number of anilines is 1. The quantitative estimate of drug-likeness (QED) is 0.116. The molecule has 40 heavy (non-hydrogen) atoms. The number of carboxylic acid groups (broad SMARTS) is 1. The zero-order chi connectivity index (χ0) is 28.9. The number of nitrogens with zero attached hydrogens (tertiary/aromatic N) is 6. The smallest absolute Gasteiger partial charge is 0.303 e. The third-order valence-corrected chi connectivity index (χ3v) is 6.63. The Labute approximate surface area is 232 Å². The summed E-state index contributed by atoms with van der Waals surface area (Å²) in [6.07, 6.45) is 6.77. The fraction of sp³-hybridized carbons (Fsp3) is 0.654. The molecule has 220 valence electrons. The Hall–Kier alpha value is -3.33. The van der Waals surface area contributed by atoms with E-state index >= 15 is 0 Å². The van der Waals surface area contributed by atoms with Crippen LogP contribution in [0, 0.1) is 0 Å². The molecule has 0 radical (unpaired) electrons. The summed E-state index contributed by atoms with van der Waals surface area (Å²) in [6, 6.07) is 0. The van der Waals surface area contributed by atoms with E-state index in [2.05, 4.69) is 25.3 Å². The van der Waals surface area contributed by atoms with Crippen molar-refractivity contribution in [3.8, 4) is 0 Å². The molecule has 0 aliphatic carbocycles. The number of nitrogens with one attached hydrogen (secondary N) is 1. The van der Waals surface area contributed by atoms with Crippen molar-refractivity contribution in [2.75, 3.05) is 32.0 Å². The number of aldehydes is 1. The Morgan fingerprint density at radius 1 is 1.10 bits per heavy atom. The van der Waals surface area contributed by atoms with Crippen molar-refractivity contribution >= 4 is 41.4 Å². The van der Waals surface area contributed by atoms with Crippen LogP contribution in [0.2, 0.25) is 0 Å². The molecule has 1 fully saturated rings. The molecule has 0 spiro atoms. The first-order valence-corrected chi connectivity index (χ1v) is 13.6. The number of aliphatic hydroxyl groups is 2. The van der Waals surface area contributed by atoms with Crippen LogP contribution < -0.4 is 5.32 Å². The molecule has 4 atom stereocenters. The third-order valence-electron chi connectivity index (χ3n) is 6.63. The molecule has 2 aromatic heterocycles. The normalized spacial score (nSPS) is 21.0. The lowest BCUT2D eigenvalue weighted by Crippen LogP contribution is -2.38. The second-order valence-corrected chi connectivity index (χ2v) is 9.90. The minimum atomic E-state index is -1.25. The van der Waals surface area contributed by atoms with Gasteiger partial charge in [0.05, 0.1) is 6.33 Å². The average molecular weight is 562 g/mol. The summed E-state index contributed by atoms with van der Waals surface area (Å²) in [4.78, 5) is 52.4. The van der Waals surface area contributed by atoms with Crippen LogP contribution in [0.4, 0.5) is 5.82 Å². The topological polar surface area (TPSA) is 192 Å². The second-order valence-electron chi connectivity index (χ2n) is 9.90. The zero-order valence-corrected chi connectivity index (χ0v) is 22.8. The van der Waals surface area contributed by atoms with Gasteiger partial charge in [-0.2, -0.15) is 0 Å². The van der Waals surface area contributed by atoms with E-state index in [9.17, 15) is 24.6 Å². The predicted molar refractivity (Wildman–Crippen MR) is 146 cm³/mol. The van der Waals surface area contributed by atoms with Crippen molar-refractivity contribution in [2.45, 2.75) is 82.3 Å². The van der Waals surface area contributed by atoms with Gasteiger partial charge in [0.2, 0.25) is 5.91 Å². The van der Waals surface area contributed by atoms with Gasteiger partial charge in [-0.25, -0.2) is 15.0 Å². The van der Waals surface area contributed by atoms with E-state index in [-0.39, 0.29) is 18.1 Å². The summed E-state index contributed by atoms with van der Waals surface area (Å²) >= 11 is 0. The van der Waals surface area contributed by atoms with Gasteiger partial charge in [0.1, 0.15) is 30.9 Å². The van der Waals surface area contributed by atoms with E-state index < -0.39 is 30.5 Å². The highest BCUT2D eigenvalue weighted by Gasteiger charge is 2.44. The van der Waals surface area contributed by atoms with Crippen LogP contribution in [0.3, 0.4) is 0 Å². The maximum atomic E-state index is 12.5. The molecule has 14 nitrogen and oxygen atoms in total. The highest BCUT2D eigenvalue weighted by molar-refractivity contribution is 5.96. The largest absolute Gasteiger partial charge is 0.481 e. The molecule has 4 N–H and O–H groups in total. The first kappa shape index (κ1) is 31.2. The fourth-order valence-electron chi connectivity index (χ4n) is 4.47. The van der Waals surface area contributed by atoms with E-state index in [0.29, 0.717) is 56.5 Å². The number of carbonyl (C=O) groups excluding carboxylic acids is 2. The lowest BCUT2D eigenvalue weighted by molar-refractivity contribution is -0.137. The summed E-state index contributed by atoms with van der Waals surface area (Å²) in [7, 11) is 1.79. The van der Waals surface area contributed by atoms with Gasteiger partial charge in [-0.1, -0.05) is 6.42 Å². The molecular weight excluding hydrogens is 522 g/mol. The van der Waals surface area contributed by atoms with E-state index in [1.807, 2.05) is 11.1 Å². The number of aromatic nitrogens is 4. The summed E-state index contributed by atoms with van der Waals surface area (Å²) in [5, 5.41) is 32.9. The summed E-state index contributed by atoms with van der Waals surface area (Å²) in [5.74, 6) is -0.826. The van der Waals surface area contributed by atoms with Crippen LogP contribution in [0.5, 0.6) is 0 Å². The minimum Gasteiger partial charge on any atom is -0.481 e. The molecule has 0 bridgehead atoms. The second kappa shape index (κ2) is 16.1. The number of hydrogen-bond donors (Lipinski definition) is 4. The number of aliphatic imine (C=N–C) groups is 1. The first-order valence-electron chi connectivity index (χ1n) is 13.6. The van der Waals surface area contributed by atoms with Crippen molar-refractivity contribution in [1.82, 2.24) is 24.4 Å².